The number of hydrogen-bond acceptors (Lipinski definition) is 2. The summed E-state index contributed by atoms with van der Waals surface area (Å²) in [7, 11) is 0. The highest BCUT2D eigenvalue weighted by atomic mass is 35.5. The molecule has 3 nitrogen and oxygen atoms in total. The summed E-state index contributed by atoms with van der Waals surface area (Å²) in [5.41, 5.74) is 0. The van der Waals surface area contributed by atoms with E-state index in [1.807, 2.05) is 0 Å². The summed E-state index contributed by atoms with van der Waals surface area (Å²) in [4.78, 5) is 0. The molecule has 1 heterocycles. The van der Waals surface area contributed by atoms with Gasteiger partial charge in [0.25, 0.3) is 0 Å². The second-order valence-electron chi connectivity index (χ2n) is 5.61. The molecule has 2 fully saturated rings. The van der Waals surface area contributed by atoms with E-state index >= 15 is 0 Å². The van der Waals surface area contributed by atoms with Crippen molar-refractivity contribution in [2.75, 3.05) is 0 Å². The Morgan fingerprint density at radius 1 is 1.12 bits per heavy atom. The van der Waals surface area contributed by atoms with Crippen molar-refractivity contribution in [2.45, 2.75) is 63.8 Å². The van der Waals surface area contributed by atoms with Gasteiger partial charge >= 0.3 is 0 Å². The zero-order valence-electron chi connectivity index (χ0n) is 10.4. The smallest absolute Gasteiger partial charge is 0.225 e. The molecule has 1 aromatic heterocycles. The maximum absolute atomic E-state index is 6.22. The molecule has 0 aromatic carbocycles. The first-order valence-corrected chi connectivity index (χ1v) is 7.25. The second-order valence-corrected chi connectivity index (χ2v) is 5.95. The number of hydrogen-bond donors (Lipinski definition) is 0. The largest absolute Gasteiger partial charge is 0.298 e. The molecule has 1 unspecified atom stereocenters. The third-order valence-electron chi connectivity index (χ3n) is 4.36. The molecule has 3 rings (SSSR count). The van der Waals surface area contributed by atoms with Gasteiger partial charge in [-0.05, 0) is 50.1 Å². The van der Waals surface area contributed by atoms with E-state index in [9.17, 15) is 0 Å². The van der Waals surface area contributed by atoms with E-state index in [0.717, 1.165) is 11.7 Å². The van der Waals surface area contributed by atoms with Gasteiger partial charge in [-0.15, -0.1) is 10.2 Å². The van der Waals surface area contributed by atoms with Crippen LogP contribution in [0.15, 0.2) is 0 Å². The van der Waals surface area contributed by atoms with Crippen LogP contribution < -0.4 is 0 Å². The Morgan fingerprint density at radius 2 is 1.82 bits per heavy atom. The summed E-state index contributed by atoms with van der Waals surface area (Å²) < 4.78 is 2.20. The van der Waals surface area contributed by atoms with Crippen LogP contribution in [-0.4, -0.2) is 14.8 Å². The topological polar surface area (TPSA) is 30.7 Å². The van der Waals surface area contributed by atoms with Crippen LogP contribution in [0.2, 0.25) is 5.28 Å². The minimum Gasteiger partial charge on any atom is -0.298 e. The fourth-order valence-electron chi connectivity index (χ4n) is 3.11. The van der Waals surface area contributed by atoms with Crippen molar-refractivity contribution in [3.05, 3.63) is 11.1 Å². The van der Waals surface area contributed by atoms with Gasteiger partial charge < -0.3 is 0 Å². The zero-order valence-corrected chi connectivity index (χ0v) is 11.2. The lowest BCUT2D eigenvalue weighted by molar-refractivity contribution is 0.260. The van der Waals surface area contributed by atoms with E-state index in [2.05, 4.69) is 21.7 Å². The number of aromatic nitrogens is 3. The molecule has 0 aliphatic heterocycles. The van der Waals surface area contributed by atoms with E-state index in [1.165, 1.54) is 44.9 Å². The van der Waals surface area contributed by atoms with Crippen LogP contribution in [0, 0.1) is 5.92 Å². The maximum atomic E-state index is 6.22. The zero-order chi connectivity index (χ0) is 11.8. The van der Waals surface area contributed by atoms with Gasteiger partial charge in [0.05, 0.1) is 0 Å². The average Bonchev–Trinajstić information content (AvgIpc) is 3.13. The van der Waals surface area contributed by atoms with Crippen molar-refractivity contribution in [3.8, 4) is 0 Å². The molecular formula is C13H20ClN3. The summed E-state index contributed by atoms with van der Waals surface area (Å²) in [5, 5.41) is 8.93. The van der Waals surface area contributed by atoms with E-state index < -0.39 is 0 Å². The van der Waals surface area contributed by atoms with Crippen LogP contribution in [0.4, 0.5) is 0 Å². The van der Waals surface area contributed by atoms with Crippen molar-refractivity contribution in [1.29, 1.82) is 0 Å². The lowest BCUT2D eigenvalue weighted by Gasteiger charge is -2.29. The molecule has 0 spiro atoms. The van der Waals surface area contributed by atoms with Crippen LogP contribution in [0.1, 0.15) is 69.7 Å². The Balaban J connectivity index is 1.83. The molecular weight excluding hydrogens is 234 g/mol. The number of halogens is 1. The monoisotopic (exact) mass is 253 g/mol. The van der Waals surface area contributed by atoms with Gasteiger partial charge in [-0.3, -0.25) is 4.57 Å². The highest BCUT2D eigenvalue weighted by Crippen LogP contribution is 2.42. The first-order chi connectivity index (χ1) is 8.27. The van der Waals surface area contributed by atoms with E-state index in [-0.39, 0.29) is 0 Å². The predicted molar refractivity (Wildman–Crippen MR) is 68.3 cm³/mol. The van der Waals surface area contributed by atoms with E-state index in [1.54, 1.807) is 0 Å². The molecule has 4 heteroatoms. The van der Waals surface area contributed by atoms with Gasteiger partial charge in [0.15, 0.2) is 0 Å². The van der Waals surface area contributed by atoms with Crippen LogP contribution in [-0.2, 0) is 0 Å². The molecule has 0 N–H and O–H groups in total. The summed E-state index contributed by atoms with van der Waals surface area (Å²) in [6, 6.07) is 0.466. The third-order valence-corrected chi connectivity index (χ3v) is 4.62. The highest BCUT2D eigenvalue weighted by molar-refractivity contribution is 6.28. The minimum absolute atomic E-state index is 0.466. The normalized spacial score (nSPS) is 23.9. The Kier molecular flexibility index (Phi) is 3.12. The lowest BCUT2D eigenvalue weighted by Crippen LogP contribution is -2.21. The van der Waals surface area contributed by atoms with E-state index in [0.29, 0.717) is 17.2 Å². The Bertz CT molecular complexity index is 391. The lowest BCUT2D eigenvalue weighted by atomic mass is 9.84. The van der Waals surface area contributed by atoms with Crippen molar-refractivity contribution in [1.82, 2.24) is 14.8 Å². The molecule has 17 heavy (non-hydrogen) atoms. The molecule has 2 saturated carbocycles. The fraction of sp³-hybridized carbons (Fsp3) is 0.846. The average molecular weight is 254 g/mol. The summed E-state index contributed by atoms with van der Waals surface area (Å²) in [6.45, 7) is 2.29. The quantitative estimate of drug-likeness (QED) is 0.817. The summed E-state index contributed by atoms with van der Waals surface area (Å²) in [5.74, 6) is 2.52. The second kappa shape index (κ2) is 4.60. The van der Waals surface area contributed by atoms with Crippen LogP contribution in [0.3, 0.4) is 0 Å². The standard InChI is InChI=1S/C13H20ClN3/c1-9(10-5-3-2-4-6-10)17-12(11-7-8-11)15-16-13(17)14/h9-11H,2-8H2,1H3. The number of rotatable bonds is 3. The first-order valence-electron chi connectivity index (χ1n) is 6.87. The van der Waals surface area contributed by atoms with Crippen LogP contribution in [0.5, 0.6) is 0 Å². The van der Waals surface area contributed by atoms with Gasteiger partial charge in [0.2, 0.25) is 5.28 Å². The Hall–Kier alpha value is -0.570. The van der Waals surface area contributed by atoms with Gasteiger partial charge in [-0.1, -0.05) is 19.3 Å². The first kappa shape index (κ1) is 11.5. The molecule has 0 bridgehead atoms. The fourth-order valence-corrected chi connectivity index (χ4v) is 3.39. The SMILES string of the molecule is CC(C1CCCCC1)n1c(Cl)nnc1C1CC1. The molecule has 1 atom stereocenters. The summed E-state index contributed by atoms with van der Waals surface area (Å²) >= 11 is 6.22. The van der Waals surface area contributed by atoms with Crippen LogP contribution >= 0.6 is 11.6 Å². The molecule has 94 valence electrons. The van der Waals surface area contributed by atoms with Gasteiger partial charge in [-0.25, -0.2) is 0 Å². The highest BCUT2D eigenvalue weighted by Gasteiger charge is 2.33. The van der Waals surface area contributed by atoms with E-state index in [4.69, 9.17) is 11.6 Å². The molecule has 2 aliphatic rings. The summed E-state index contributed by atoms with van der Waals surface area (Å²) in [6.07, 6.45) is 9.31. The van der Waals surface area contributed by atoms with Gasteiger partial charge in [-0.2, -0.15) is 0 Å². The van der Waals surface area contributed by atoms with Crippen molar-refractivity contribution in [2.24, 2.45) is 5.92 Å². The van der Waals surface area contributed by atoms with Crippen molar-refractivity contribution in [3.63, 3.8) is 0 Å². The van der Waals surface area contributed by atoms with Gasteiger partial charge in [0.1, 0.15) is 5.82 Å². The van der Waals surface area contributed by atoms with Crippen molar-refractivity contribution < 1.29 is 0 Å². The maximum Gasteiger partial charge on any atom is 0.225 e. The Morgan fingerprint density at radius 3 is 2.47 bits per heavy atom. The molecule has 0 amide bonds. The number of nitrogens with zero attached hydrogens (tertiary/aromatic N) is 3. The minimum atomic E-state index is 0.466. The molecule has 0 saturated heterocycles. The predicted octanol–water partition coefficient (Wildman–Crippen LogP) is 3.95. The molecule has 2 aliphatic carbocycles. The molecule has 1 aromatic rings. The van der Waals surface area contributed by atoms with Crippen LogP contribution in [0.25, 0.3) is 0 Å². The Labute approximate surface area is 108 Å². The van der Waals surface area contributed by atoms with Gasteiger partial charge in [0, 0.05) is 12.0 Å². The third kappa shape index (κ3) is 2.22. The molecule has 0 radical (unpaired) electrons. The van der Waals surface area contributed by atoms with Crippen molar-refractivity contribution >= 4 is 11.6 Å².